The van der Waals surface area contributed by atoms with E-state index in [4.69, 9.17) is 5.73 Å². The van der Waals surface area contributed by atoms with Gasteiger partial charge in [-0.25, -0.2) is 0 Å². The van der Waals surface area contributed by atoms with E-state index in [1.807, 2.05) is 0 Å². The molecule has 1 fully saturated rings. The fraction of sp³-hybridized carbons (Fsp3) is 0.417. The van der Waals surface area contributed by atoms with Gasteiger partial charge in [-0.2, -0.15) is 0 Å². The van der Waals surface area contributed by atoms with Crippen LogP contribution >= 0.6 is 0 Å². The molecule has 0 unspecified atom stereocenters. The summed E-state index contributed by atoms with van der Waals surface area (Å²) in [6, 6.07) is 4.76. The van der Waals surface area contributed by atoms with Crippen LogP contribution < -0.4 is 11.1 Å². The number of nitrogens with two attached hydrogens (primary N) is 1. The average molecular weight is 249 g/mol. The maximum absolute atomic E-state index is 12.0. The van der Waals surface area contributed by atoms with E-state index in [2.05, 4.69) is 5.32 Å². The van der Waals surface area contributed by atoms with Gasteiger partial charge in [0.25, 0.3) is 11.6 Å². The molecule has 0 atom stereocenters. The molecule has 0 aliphatic heterocycles. The minimum absolute atomic E-state index is 0.0340. The van der Waals surface area contributed by atoms with Crippen LogP contribution in [0.1, 0.15) is 28.8 Å². The zero-order chi connectivity index (χ0) is 13.3. The highest BCUT2D eigenvalue weighted by molar-refractivity contribution is 5.99. The van der Waals surface area contributed by atoms with Gasteiger partial charge >= 0.3 is 0 Å². The number of nitrogens with one attached hydrogen (secondary N) is 1. The first-order valence-electron chi connectivity index (χ1n) is 5.79. The standard InChI is InChI=1S/C12H15N3O3/c1-7-3-2-4-10(15(17)18)11(7)12(16)14-9-5-8(13)6-9/h2-4,8-9H,5-6,13H2,1H3,(H,14,16). The van der Waals surface area contributed by atoms with Crippen molar-refractivity contribution in [1.29, 1.82) is 0 Å². The number of amides is 1. The number of benzene rings is 1. The van der Waals surface area contributed by atoms with Crippen LogP contribution in [0, 0.1) is 17.0 Å². The summed E-state index contributed by atoms with van der Waals surface area (Å²) in [5, 5.41) is 13.7. The van der Waals surface area contributed by atoms with Crippen molar-refractivity contribution in [2.24, 2.45) is 5.73 Å². The Morgan fingerprint density at radius 3 is 2.72 bits per heavy atom. The predicted octanol–water partition coefficient (Wildman–Crippen LogP) is 1.12. The maximum Gasteiger partial charge on any atom is 0.282 e. The summed E-state index contributed by atoms with van der Waals surface area (Å²) in [5.74, 6) is -0.392. The number of nitro groups is 1. The Balaban J connectivity index is 2.21. The van der Waals surface area contributed by atoms with Gasteiger partial charge in [0.15, 0.2) is 0 Å². The third-order valence-electron chi connectivity index (χ3n) is 3.18. The molecule has 1 amide bonds. The lowest BCUT2D eigenvalue weighted by atomic mass is 9.87. The van der Waals surface area contributed by atoms with E-state index in [1.165, 1.54) is 6.07 Å². The molecular weight excluding hydrogens is 234 g/mol. The minimum atomic E-state index is -0.533. The van der Waals surface area contributed by atoms with Crippen molar-refractivity contribution in [3.63, 3.8) is 0 Å². The van der Waals surface area contributed by atoms with E-state index in [0.717, 1.165) is 12.8 Å². The minimum Gasteiger partial charge on any atom is -0.349 e. The Labute approximate surface area is 104 Å². The third-order valence-corrected chi connectivity index (χ3v) is 3.18. The van der Waals surface area contributed by atoms with Crippen LogP contribution in [0.25, 0.3) is 0 Å². The first-order valence-corrected chi connectivity index (χ1v) is 5.79. The first kappa shape index (κ1) is 12.5. The molecule has 1 aromatic carbocycles. The summed E-state index contributed by atoms with van der Waals surface area (Å²) in [5.41, 5.74) is 6.22. The van der Waals surface area contributed by atoms with E-state index in [1.54, 1.807) is 19.1 Å². The summed E-state index contributed by atoms with van der Waals surface area (Å²) in [4.78, 5) is 22.4. The molecule has 1 aromatic rings. The van der Waals surface area contributed by atoms with E-state index in [-0.39, 0.29) is 23.3 Å². The van der Waals surface area contributed by atoms with Gasteiger partial charge in [-0.15, -0.1) is 0 Å². The van der Waals surface area contributed by atoms with Gasteiger partial charge in [-0.1, -0.05) is 12.1 Å². The van der Waals surface area contributed by atoms with Crippen molar-refractivity contribution in [3.05, 3.63) is 39.4 Å². The molecule has 1 saturated carbocycles. The van der Waals surface area contributed by atoms with E-state index in [0.29, 0.717) is 5.56 Å². The van der Waals surface area contributed by atoms with Crippen LogP contribution in [-0.4, -0.2) is 22.9 Å². The van der Waals surface area contributed by atoms with Crippen molar-refractivity contribution in [2.45, 2.75) is 31.8 Å². The molecule has 0 spiro atoms. The zero-order valence-electron chi connectivity index (χ0n) is 10.1. The molecule has 0 radical (unpaired) electrons. The largest absolute Gasteiger partial charge is 0.349 e. The smallest absolute Gasteiger partial charge is 0.282 e. The normalized spacial score (nSPS) is 22.1. The van der Waals surface area contributed by atoms with E-state index >= 15 is 0 Å². The Morgan fingerprint density at radius 1 is 1.50 bits per heavy atom. The third kappa shape index (κ3) is 2.33. The second-order valence-corrected chi connectivity index (χ2v) is 4.63. The van der Waals surface area contributed by atoms with Crippen molar-refractivity contribution in [1.82, 2.24) is 5.32 Å². The first-order chi connectivity index (χ1) is 8.49. The molecule has 3 N–H and O–H groups in total. The number of aryl methyl sites for hydroxylation is 1. The van der Waals surface area contributed by atoms with Crippen molar-refractivity contribution in [2.75, 3.05) is 0 Å². The Kier molecular flexibility index (Phi) is 3.29. The predicted molar refractivity (Wildman–Crippen MR) is 66.3 cm³/mol. The molecule has 6 nitrogen and oxygen atoms in total. The molecule has 0 saturated heterocycles. The topological polar surface area (TPSA) is 98.3 Å². The summed E-state index contributed by atoms with van der Waals surface area (Å²) < 4.78 is 0. The molecule has 2 rings (SSSR count). The fourth-order valence-electron chi connectivity index (χ4n) is 2.14. The van der Waals surface area contributed by atoms with Crippen LogP contribution in [0.4, 0.5) is 5.69 Å². The van der Waals surface area contributed by atoms with Crippen LogP contribution in [0.2, 0.25) is 0 Å². The Morgan fingerprint density at radius 2 is 2.17 bits per heavy atom. The van der Waals surface area contributed by atoms with Gasteiger partial charge in [0.1, 0.15) is 5.56 Å². The average Bonchev–Trinajstić information content (AvgIpc) is 2.26. The van der Waals surface area contributed by atoms with E-state index in [9.17, 15) is 14.9 Å². The summed E-state index contributed by atoms with van der Waals surface area (Å²) in [7, 11) is 0. The Hall–Kier alpha value is -1.95. The van der Waals surface area contributed by atoms with Crippen molar-refractivity contribution >= 4 is 11.6 Å². The Bertz CT molecular complexity index is 495. The van der Waals surface area contributed by atoms with Gasteiger partial charge in [0, 0.05) is 18.2 Å². The highest BCUT2D eigenvalue weighted by Gasteiger charge is 2.30. The number of carbonyl (C=O) groups is 1. The van der Waals surface area contributed by atoms with Crippen LogP contribution in [0.5, 0.6) is 0 Å². The molecule has 0 heterocycles. The van der Waals surface area contributed by atoms with Gasteiger partial charge < -0.3 is 11.1 Å². The molecule has 18 heavy (non-hydrogen) atoms. The summed E-state index contributed by atoms with van der Waals surface area (Å²) in [6.45, 7) is 1.69. The lowest BCUT2D eigenvalue weighted by Gasteiger charge is -2.33. The van der Waals surface area contributed by atoms with Crippen molar-refractivity contribution < 1.29 is 9.72 Å². The number of nitro benzene ring substituents is 1. The maximum atomic E-state index is 12.0. The SMILES string of the molecule is Cc1cccc([N+](=O)[O-])c1C(=O)NC1CC(N)C1. The highest BCUT2D eigenvalue weighted by Crippen LogP contribution is 2.23. The van der Waals surface area contributed by atoms with Crippen molar-refractivity contribution in [3.8, 4) is 0 Å². The summed E-state index contributed by atoms with van der Waals surface area (Å²) >= 11 is 0. The van der Waals surface area contributed by atoms with Crippen LogP contribution in [0.15, 0.2) is 18.2 Å². The quantitative estimate of drug-likeness (QED) is 0.619. The lowest BCUT2D eigenvalue weighted by molar-refractivity contribution is -0.385. The molecule has 6 heteroatoms. The van der Waals surface area contributed by atoms with Crippen LogP contribution in [-0.2, 0) is 0 Å². The zero-order valence-corrected chi connectivity index (χ0v) is 10.1. The monoisotopic (exact) mass is 249 g/mol. The highest BCUT2D eigenvalue weighted by atomic mass is 16.6. The second kappa shape index (κ2) is 4.73. The molecule has 1 aliphatic rings. The van der Waals surface area contributed by atoms with Crippen LogP contribution in [0.3, 0.4) is 0 Å². The second-order valence-electron chi connectivity index (χ2n) is 4.63. The molecule has 0 aromatic heterocycles. The fourth-order valence-corrected chi connectivity index (χ4v) is 2.14. The summed E-state index contributed by atoms with van der Waals surface area (Å²) in [6.07, 6.45) is 1.46. The molecule has 96 valence electrons. The molecular formula is C12H15N3O3. The number of rotatable bonds is 3. The number of hydrogen-bond donors (Lipinski definition) is 2. The van der Waals surface area contributed by atoms with Gasteiger partial charge in [0.2, 0.25) is 0 Å². The van der Waals surface area contributed by atoms with Gasteiger partial charge in [0.05, 0.1) is 4.92 Å². The number of hydrogen-bond acceptors (Lipinski definition) is 4. The lowest BCUT2D eigenvalue weighted by Crippen LogP contribution is -2.50. The van der Waals surface area contributed by atoms with Gasteiger partial charge in [-0.05, 0) is 25.3 Å². The molecule has 0 bridgehead atoms. The molecule has 1 aliphatic carbocycles. The van der Waals surface area contributed by atoms with Gasteiger partial charge in [-0.3, -0.25) is 14.9 Å². The van der Waals surface area contributed by atoms with E-state index < -0.39 is 10.8 Å². The number of carbonyl (C=O) groups excluding carboxylic acids is 1. The number of nitrogens with zero attached hydrogens (tertiary/aromatic N) is 1.